The average Bonchev–Trinajstić information content (AvgIpc) is 2.72. The highest BCUT2D eigenvalue weighted by Gasteiger charge is 2.20. The maximum Gasteiger partial charge on any atom is 0.114 e. The van der Waals surface area contributed by atoms with Gasteiger partial charge in [-0.1, -0.05) is 34.5 Å². The van der Waals surface area contributed by atoms with Crippen molar-refractivity contribution in [3.05, 3.63) is 45.7 Å². The van der Waals surface area contributed by atoms with Crippen molar-refractivity contribution in [3.8, 4) is 0 Å². The number of rotatable bonds is 3. The van der Waals surface area contributed by atoms with Crippen LogP contribution in [-0.2, 0) is 12.1 Å². The van der Waals surface area contributed by atoms with E-state index < -0.39 is 5.60 Å². The third kappa shape index (κ3) is 3.02. The minimum absolute atomic E-state index is 0.511. The molecular weight excluding hydrogens is 273 g/mol. The van der Waals surface area contributed by atoms with E-state index in [4.69, 9.17) is 23.2 Å². The van der Waals surface area contributed by atoms with Crippen molar-refractivity contribution in [1.82, 2.24) is 15.0 Å². The zero-order valence-corrected chi connectivity index (χ0v) is 11.6. The molecule has 0 fully saturated rings. The zero-order chi connectivity index (χ0) is 13.3. The van der Waals surface area contributed by atoms with Gasteiger partial charge < -0.3 is 5.11 Å². The van der Waals surface area contributed by atoms with Crippen LogP contribution in [0.15, 0.2) is 24.4 Å². The van der Waals surface area contributed by atoms with Gasteiger partial charge in [0.2, 0.25) is 0 Å². The monoisotopic (exact) mass is 285 g/mol. The molecule has 0 aliphatic heterocycles. The van der Waals surface area contributed by atoms with E-state index in [2.05, 4.69) is 10.3 Å². The molecule has 1 N–H and O–H groups in total. The minimum Gasteiger partial charge on any atom is -0.384 e. The molecule has 0 radical (unpaired) electrons. The summed E-state index contributed by atoms with van der Waals surface area (Å²) in [5.41, 5.74) is 0.509. The van der Waals surface area contributed by atoms with Gasteiger partial charge in [-0.2, -0.15) is 0 Å². The van der Waals surface area contributed by atoms with Crippen molar-refractivity contribution in [2.45, 2.75) is 26.0 Å². The quantitative estimate of drug-likeness (QED) is 0.944. The summed E-state index contributed by atoms with van der Waals surface area (Å²) in [6.07, 6.45) is 1.71. The fourth-order valence-corrected chi connectivity index (χ4v) is 1.80. The number of aliphatic hydroxyl groups is 1. The van der Waals surface area contributed by atoms with E-state index in [1.807, 2.05) is 6.07 Å². The van der Waals surface area contributed by atoms with E-state index in [0.717, 1.165) is 5.56 Å². The normalized spacial score (nSPS) is 11.8. The van der Waals surface area contributed by atoms with Gasteiger partial charge in [0, 0.05) is 0 Å². The van der Waals surface area contributed by atoms with Gasteiger partial charge in [-0.25, -0.2) is 4.68 Å². The van der Waals surface area contributed by atoms with Crippen LogP contribution in [0.4, 0.5) is 0 Å². The van der Waals surface area contributed by atoms with E-state index in [1.54, 1.807) is 36.9 Å². The highest BCUT2D eigenvalue weighted by molar-refractivity contribution is 6.42. The Morgan fingerprint density at radius 1 is 1.28 bits per heavy atom. The molecule has 4 nitrogen and oxygen atoms in total. The summed E-state index contributed by atoms with van der Waals surface area (Å²) in [5.74, 6) is 0. The number of aromatic nitrogens is 3. The Hall–Kier alpha value is -1.10. The van der Waals surface area contributed by atoms with Crippen LogP contribution in [0.25, 0.3) is 0 Å². The molecule has 0 spiro atoms. The molecule has 0 atom stereocenters. The fraction of sp³-hybridized carbons (Fsp3) is 0.333. The molecule has 1 aromatic carbocycles. The van der Waals surface area contributed by atoms with Crippen LogP contribution in [0, 0.1) is 0 Å². The molecule has 0 aliphatic carbocycles. The lowest BCUT2D eigenvalue weighted by Crippen LogP contribution is -2.15. The van der Waals surface area contributed by atoms with E-state index in [0.29, 0.717) is 22.3 Å². The molecule has 0 saturated carbocycles. The predicted octanol–water partition coefficient (Wildman–Crippen LogP) is 2.86. The van der Waals surface area contributed by atoms with Gasteiger partial charge in [-0.05, 0) is 31.5 Å². The number of halogens is 2. The van der Waals surface area contributed by atoms with Gasteiger partial charge in [0.1, 0.15) is 11.3 Å². The summed E-state index contributed by atoms with van der Waals surface area (Å²) in [6.45, 7) is 3.86. The van der Waals surface area contributed by atoms with Crippen molar-refractivity contribution >= 4 is 23.2 Å². The maximum atomic E-state index is 9.79. The lowest BCUT2D eigenvalue weighted by atomic mass is 10.1. The van der Waals surface area contributed by atoms with Crippen LogP contribution in [-0.4, -0.2) is 20.1 Å². The van der Waals surface area contributed by atoms with E-state index in [1.165, 1.54) is 0 Å². The maximum absolute atomic E-state index is 9.79. The number of hydrogen-bond acceptors (Lipinski definition) is 3. The van der Waals surface area contributed by atoms with Crippen LogP contribution in [0.1, 0.15) is 25.1 Å². The molecule has 0 aliphatic rings. The largest absolute Gasteiger partial charge is 0.384 e. The molecule has 1 aromatic heterocycles. The summed E-state index contributed by atoms with van der Waals surface area (Å²) in [7, 11) is 0. The molecule has 6 heteroatoms. The first-order valence-corrected chi connectivity index (χ1v) is 6.19. The SMILES string of the molecule is CC(C)(O)c1cn(Cc2ccc(Cl)c(Cl)c2)nn1. The Balaban J connectivity index is 2.19. The molecule has 96 valence electrons. The molecule has 2 rings (SSSR count). The summed E-state index contributed by atoms with van der Waals surface area (Å²) in [5, 5.41) is 18.7. The number of hydrogen-bond donors (Lipinski definition) is 1. The fourth-order valence-electron chi connectivity index (χ4n) is 1.48. The van der Waals surface area contributed by atoms with Crippen molar-refractivity contribution in [2.75, 3.05) is 0 Å². The van der Waals surface area contributed by atoms with Crippen molar-refractivity contribution in [3.63, 3.8) is 0 Å². The second-order valence-corrected chi connectivity index (χ2v) is 5.42. The predicted molar refractivity (Wildman–Crippen MR) is 70.8 cm³/mol. The first kappa shape index (κ1) is 13.3. The molecule has 0 unspecified atom stereocenters. The molecule has 2 aromatic rings. The second kappa shape index (κ2) is 4.88. The van der Waals surface area contributed by atoms with Gasteiger partial charge >= 0.3 is 0 Å². The van der Waals surface area contributed by atoms with Crippen LogP contribution in [0.3, 0.4) is 0 Å². The summed E-state index contributed by atoms with van der Waals surface area (Å²) < 4.78 is 1.65. The highest BCUT2D eigenvalue weighted by Crippen LogP contribution is 2.23. The Morgan fingerprint density at radius 3 is 2.56 bits per heavy atom. The first-order valence-electron chi connectivity index (χ1n) is 5.43. The van der Waals surface area contributed by atoms with Crippen molar-refractivity contribution in [1.29, 1.82) is 0 Å². The lowest BCUT2D eigenvalue weighted by molar-refractivity contribution is 0.0737. The number of benzene rings is 1. The van der Waals surface area contributed by atoms with Crippen LogP contribution in [0.2, 0.25) is 10.0 Å². The van der Waals surface area contributed by atoms with E-state index >= 15 is 0 Å². The first-order chi connectivity index (χ1) is 8.36. The Kier molecular flexibility index (Phi) is 3.61. The van der Waals surface area contributed by atoms with Gasteiger partial charge in [0.25, 0.3) is 0 Å². The third-order valence-electron chi connectivity index (χ3n) is 2.49. The summed E-state index contributed by atoms with van der Waals surface area (Å²) >= 11 is 11.8. The van der Waals surface area contributed by atoms with Gasteiger partial charge in [-0.3, -0.25) is 0 Å². The molecule has 0 amide bonds. The second-order valence-electron chi connectivity index (χ2n) is 4.61. The summed E-state index contributed by atoms with van der Waals surface area (Å²) in [4.78, 5) is 0. The topological polar surface area (TPSA) is 50.9 Å². The Labute approximate surface area is 115 Å². The Bertz CT molecular complexity index is 561. The standard InChI is InChI=1S/C12H13Cl2N3O/c1-12(2,18)11-7-17(16-15-11)6-8-3-4-9(13)10(14)5-8/h3-5,7,18H,6H2,1-2H3. The van der Waals surface area contributed by atoms with Crippen LogP contribution < -0.4 is 0 Å². The molecule has 0 saturated heterocycles. The number of nitrogens with zero attached hydrogens (tertiary/aromatic N) is 3. The van der Waals surface area contributed by atoms with Crippen LogP contribution >= 0.6 is 23.2 Å². The minimum atomic E-state index is -0.990. The molecule has 1 heterocycles. The van der Waals surface area contributed by atoms with Gasteiger partial charge in [0.05, 0.1) is 22.8 Å². The van der Waals surface area contributed by atoms with Crippen LogP contribution in [0.5, 0.6) is 0 Å². The molecule has 18 heavy (non-hydrogen) atoms. The lowest BCUT2D eigenvalue weighted by Gasteiger charge is -2.11. The Morgan fingerprint density at radius 2 is 2.00 bits per heavy atom. The molecular formula is C12H13Cl2N3O. The zero-order valence-electron chi connectivity index (χ0n) is 10.1. The van der Waals surface area contributed by atoms with E-state index in [-0.39, 0.29) is 0 Å². The van der Waals surface area contributed by atoms with Crippen molar-refractivity contribution in [2.24, 2.45) is 0 Å². The average molecular weight is 286 g/mol. The van der Waals surface area contributed by atoms with Gasteiger partial charge in [-0.15, -0.1) is 5.10 Å². The third-order valence-corrected chi connectivity index (χ3v) is 3.23. The highest BCUT2D eigenvalue weighted by atomic mass is 35.5. The van der Waals surface area contributed by atoms with Crippen molar-refractivity contribution < 1.29 is 5.11 Å². The molecule has 0 bridgehead atoms. The van der Waals surface area contributed by atoms with E-state index in [9.17, 15) is 5.11 Å². The summed E-state index contributed by atoms with van der Waals surface area (Å²) in [6, 6.07) is 5.40. The van der Waals surface area contributed by atoms with Gasteiger partial charge in [0.15, 0.2) is 0 Å². The smallest absolute Gasteiger partial charge is 0.114 e.